The van der Waals surface area contributed by atoms with Crippen LogP contribution in [0.15, 0.2) is 43.2 Å². The van der Waals surface area contributed by atoms with Crippen LogP contribution in [0.4, 0.5) is 5.13 Å². The molecule has 3 aromatic heterocycles. The first kappa shape index (κ1) is 18.9. The fourth-order valence-corrected chi connectivity index (χ4v) is 4.53. The number of aliphatic hydroxyl groups excluding tert-OH is 1. The Balaban J connectivity index is 1.29. The van der Waals surface area contributed by atoms with Crippen LogP contribution in [0.2, 0.25) is 0 Å². The van der Waals surface area contributed by atoms with E-state index in [1.807, 2.05) is 18.2 Å². The van der Waals surface area contributed by atoms with Crippen LogP contribution in [0.5, 0.6) is 11.6 Å². The summed E-state index contributed by atoms with van der Waals surface area (Å²) in [6.07, 6.45) is 10.2. The molecule has 4 aromatic rings. The number of nitrogens with one attached hydrogen (secondary N) is 1. The molecule has 2 atom stereocenters. The maximum absolute atomic E-state index is 10.1. The predicted octanol–water partition coefficient (Wildman–Crippen LogP) is 3.42. The molecule has 0 saturated heterocycles. The largest absolute Gasteiger partial charge is 0.437 e. The quantitative estimate of drug-likeness (QED) is 0.485. The van der Waals surface area contributed by atoms with Gasteiger partial charge in [0.05, 0.1) is 28.7 Å². The van der Waals surface area contributed by atoms with Crippen LogP contribution in [0.25, 0.3) is 16.0 Å². The molecule has 10 heteroatoms. The number of thiazole rings is 1. The smallest absolute Gasteiger partial charge is 0.239 e. The van der Waals surface area contributed by atoms with Gasteiger partial charge in [0, 0.05) is 18.5 Å². The zero-order valence-corrected chi connectivity index (χ0v) is 17.0. The molecule has 154 valence electrons. The van der Waals surface area contributed by atoms with E-state index in [2.05, 4.69) is 30.4 Å². The Hall–Kier alpha value is -3.11. The van der Waals surface area contributed by atoms with Gasteiger partial charge in [0.2, 0.25) is 5.88 Å². The van der Waals surface area contributed by atoms with Gasteiger partial charge in [-0.2, -0.15) is 10.1 Å². The fraction of sp³-hybridized carbons (Fsp3) is 0.350. The van der Waals surface area contributed by atoms with Gasteiger partial charge in [-0.1, -0.05) is 24.2 Å². The van der Waals surface area contributed by atoms with Crippen LogP contribution in [-0.4, -0.2) is 47.5 Å². The van der Waals surface area contributed by atoms with Crippen molar-refractivity contribution in [3.05, 3.63) is 43.2 Å². The molecule has 2 N–H and O–H groups in total. The van der Waals surface area contributed by atoms with E-state index in [9.17, 15) is 5.11 Å². The summed E-state index contributed by atoms with van der Waals surface area (Å²) < 4.78 is 8.43. The molecular formula is C20H21N7O2S. The molecule has 0 radical (unpaired) electrons. The first-order chi connectivity index (χ1) is 14.7. The highest BCUT2D eigenvalue weighted by Crippen LogP contribution is 2.32. The van der Waals surface area contributed by atoms with Gasteiger partial charge in [0.15, 0.2) is 10.9 Å². The summed E-state index contributed by atoms with van der Waals surface area (Å²) in [4.78, 5) is 17.1. The van der Waals surface area contributed by atoms with E-state index < -0.39 is 0 Å². The molecule has 1 unspecified atom stereocenters. The molecule has 1 aromatic carbocycles. The predicted molar refractivity (Wildman–Crippen MR) is 113 cm³/mol. The highest BCUT2D eigenvalue weighted by atomic mass is 32.1. The summed E-state index contributed by atoms with van der Waals surface area (Å²) in [5, 5.41) is 18.5. The first-order valence-corrected chi connectivity index (χ1v) is 10.7. The van der Waals surface area contributed by atoms with Crippen LogP contribution in [0.3, 0.4) is 0 Å². The molecule has 9 nitrogen and oxygen atoms in total. The lowest BCUT2D eigenvalue weighted by molar-refractivity contribution is 0.0763. The second-order valence-corrected chi connectivity index (χ2v) is 8.33. The highest BCUT2D eigenvalue weighted by Gasteiger charge is 2.23. The highest BCUT2D eigenvalue weighted by molar-refractivity contribution is 7.22. The normalized spacial score (nSPS) is 19.1. The van der Waals surface area contributed by atoms with E-state index in [4.69, 9.17) is 4.74 Å². The van der Waals surface area contributed by atoms with Crippen LogP contribution >= 0.6 is 11.3 Å². The van der Waals surface area contributed by atoms with Gasteiger partial charge in [0.25, 0.3) is 0 Å². The van der Waals surface area contributed by atoms with Crippen molar-refractivity contribution in [1.82, 2.24) is 29.7 Å². The number of hydrogen-bond acceptors (Lipinski definition) is 9. The number of ether oxygens (including phenoxy) is 1. The van der Waals surface area contributed by atoms with Gasteiger partial charge in [-0.25, -0.2) is 14.6 Å². The Morgan fingerprint density at radius 1 is 1.17 bits per heavy atom. The monoisotopic (exact) mass is 423 g/mol. The molecule has 1 aliphatic carbocycles. The lowest BCUT2D eigenvalue weighted by atomic mass is 9.86. The molecule has 5 rings (SSSR count). The van der Waals surface area contributed by atoms with E-state index in [1.54, 1.807) is 30.1 Å². The zero-order chi connectivity index (χ0) is 20.3. The van der Waals surface area contributed by atoms with Gasteiger partial charge < -0.3 is 15.2 Å². The molecule has 1 saturated carbocycles. The van der Waals surface area contributed by atoms with Crippen molar-refractivity contribution < 1.29 is 9.84 Å². The lowest BCUT2D eigenvalue weighted by Gasteiger charge is -2.27. The Morgan fingerprint density at radius 2 is 2.10 bits per heavy atom. The third kappa shape index (κ3) is 4.10. The molecule has 0 amide bonds. The Kier molecular flexibility index (Phi) is 5.24. The lowest BCUT2D eigenvalue weighted by Crippen LogP contribution is -2.30. The van der Waals surface area contributed by atoms with E-state index in [-0.39, 0.29) is 6.10 Å². The molecule has 1 aliphatic rings. The summed E-state index contributed by atoms with van der Waals surface area (Å²) in [7, 11) is 0. The minimum absolute atomic E-state index is 0.213. The maximum atomic E-state index is 10.1. The number of aromatic nitrogens is 6. The standard InChI is InChI=1S/C20H21N7O2S/c28-16-4-2-1-3-13(16)8-23-20-25-15-6-5-14(7-17(15)30-20)29-19-10-21-9-18(26-19)27-12-22-11-24-27/h5-7,9-13,16,28H,1-4,8H2,(H,23,25)/t13?,16-/m1/s1. The van der Waals surface area contributed by atoms with Crippen LogP contribution in [0.1, 0.15) is 25.7 Å². The van der Waals surface area contributed by atoms with E-state index in [0.717, 1.165) is 41.2 Å². The average Bonchev–Trinajstić information content (AvgIpc) is 3.43. The van der Waals surface area contributed by atoms with Crippen molar-refractivity contribution in [3.8, 4) is 17.4 Å². The van der Waals surface area contributed by atoms with Crippen LogP contribution < -0.4 is 10.1 Å². The zero-order valence-electron chi connectivity index (χ0n) is 16.2. The van der Waals surface area contributed by atoms with Gasteiger partial charge in [-0.15, -0.1) is 0 Å². The molecule has 3 heterocycles. The maximum Gasteiger partial charge on any atom is 0.239 e. The van der Waals surface area contributed by atoms with Gasteiger partial charge in [-0.05, 0) is 25.0 Å². The number of hydrogen-bond donors (Lipinski definition) is 2. The molecule has 0 aliphatic heterocycles. The summed E-state index contributed by atoms with van der Waals surface area (Å²) in [5.74, 6) is 1.85. The third-order valence-corrected chi connectivity index (χ3v) is 6.20. The molecular weight excluding hydrogens is 402 g/mol. The first-order valence-electron chi connectivity index (χ1n) is 9.92. The van der Waals surface area contributed by atoms with Crippen molar-refractivity contribution in [2.24, 2.45) is 5.92 Å². The summed E-state index contributed by atoms with van der Waals surface area (Å²) >= 11 is 1.57. The van der Waals surface area contributed by atoms with Crippen molar-refractivity contribution in [2.45, 2.75) is 31.8 Å². The summed E-state index contributed by atoms with van der Waals surface area (Å²) in [5.41, 5.74) is 0.904. The number of fused-ring (bicyclic) bond motifs is 1. The number of benzene rings is 1. The minimum Gasteiger partial charge on any atom is -0.437 e. The third-order valence-electron chi connectivity index (χ3n) is 5.22. The number of rotatable bonds is 6. The molecule has 1 fully saturated rings. The van der Waals surface area contributed by atoms with E-state index in [0.29, 0.717) is 23.4 Å². The van der Waals surface area contributed by atoms with Gasteiger partial charge in [-0.3, -0.25) is 4.98 Å². The fourth-order valence-electron chi connectivity index (χ4n) is 3.63. The second kappa shape index (κ2) is 8.33. The SMILES string of the molecule is O[C@@H]1CCCCC1CNc1nc2ccc(Oc3cncc(-n4cncn4)n3)cc2s1. The van der Waals surface area contributed by atoms with Crippen molar-refractivity contribution in [3.63, 3.8) is 0 Å². The molecule has 0 bridgehead atoms. The summed E-state index contributed by atoms with van der Waals surface area (Å²) in [6.45, 7) is 0.745. The van der Waals surface area contributed by atoms with Gasteiger partial charge >= 0.3 is 0 Å². The van der Waals surface area contributed by atoms with Gasteiger partial charge in [0.1, 0.15) is 18.4 Å². The Bertz CT molecular complexity index is 1130. The topological polar surface area (TPSA) is 111 Å². The van der Waals surface area contributed by atoms with Crippen molar-refractivity contribution >= 4 is 26.7 Å². The number of nitrogens with zero attached hydrogens (tertiary/aromatic N) is 6. The van der Waals surface area contributed by atoms with E-state index >= 15 is 0 Å². The average molecular weight is 424 g/mol. The summed E-state index contributed by atoms with van der Waals surface area (Å²) in [6, 6.07) is 5.73. The Labute approximate surface area is 176 Å². The number of anilines is 1. The Morgan fingerprint density at radius 3 is 2.97 bits per heavy atom. The molecule has 0 spiro atoms. The van der Waals surface area contributed by atoms with Crippen LogP contribution in [0, 0.1) is 5.92 Å². The minimum atomic E-state index is -0.213. The van der Waals surface area contributed by atoms with E-state index in [1.165, 1.54) is 17.4 Å². The molecule has 30 heavy (non-hydrogen) atoms. The van der Waals surface area contributed by atoms with Crippen molar-refractivity contribution in [2.75, 3.05) is 11.9 Å². The van der Waals surface area contributed by atoms with Crippen LogP contribution in [-0.2, 0) is 0 Å². The second-order valence-electron chi connectivity index (χ2n) is 7.30. The van der Waals surface area contributed by atoms with Crippen molar-refractivity contribution in [1.29, 1.82) is 0 Å². The number of aliphatic hydroxyl groups is 1.